The lowest BCUT2D eigenvalue weighted by atomic mass is 9.84. The second kappa shape index (κ2) is 7.08. The summed E-state index contributed by atoms with van der Waals surface area (Å²) in [6, 6.07) is 8.31. The molecule has 1 aromatic carbocycles. The van der Waals surface area contributed by atoms with E-state index in [1.165, 1.54) is 24.0 Å². The highest BCUT2D eigenvalue weighted by Gasteiger charge is 2.49. The van der Waals surface area contributed by atoms with E-state index in [-0.39, 0.29) is 11.5 Å². The lowest BCUT2D eigenvalue weighted by molar-refractivity contribution is -0.201. The van der Waals surface area contributed by atoms with Gasteiger partial charge in [-0.2, -0.15) is 0 Å². The van der Waals surface area contributed by atoms with E-state index in [2.05, 4.69) is 19.1 Å². The Bertz CT molecular complexity index is 619. The molecule has 0 aromatic heterocycles. The molecule has 0 radical (unpaired) electrons. The van der Waals surface area contributed by atoms with E-state index in [1.54, 1.807) is 0 Å². The fourth-order valence-corrected chi connectivity index (χ4v) is 4.02. The quantitative estimate of drug-likeness (QED) is 0.797. The molecule has 1 aromatic rings. The van der Waals surface area contributed by atoms with Crippen molar-refractivity contribution in [1.82, 2.24) is 4.90 Å². The van der Waals surface area contributed by atoms with Crippen LogP contribution >= 0.6 is 0 Å². The van der Waals surface area contributed by atoms with Gasteiger partial charge in [-0.1, -0.05) is 24.3 Å². The maximum atomic E-state index is 12.5. The maximum absolute atomic E-state index is 12.5. The molecule has 1 amide bonds. The van der Waals surface area contributed by atoms with Crippen LogP contribution in [-0.2, 0) is 20.7 Å². The molecule has 136 valence electrons. The number of carbonyl (C=O) groups excluding carboxylic acids is 1. The van der Waals surface area contributed by atoms with Crippen molar-refractivity contribution in [1.29, 1.82) is 0 Å². The molecule has 3 aliphatic rings. The third kappa shape index (κ3) is 4.06. The van der Waals surface area contributed by atoms with Gasteiger partial charge in [-0.25, -0.2) is 0 Å². The normalized spacial score (nSPS) is 25.0. The summed E-state index contributed by atoms with van der Waals surface area (Å²) >= 11 is 0. The molecule has 1 saturated carbocycles. The Labute approximate surface area is 150 Å². The number of aryl methyl sites for hydroxylation is 2. The lowest BCUT2D eigenvalue weighted by Gasteiger charge is -2.53. The highest BCUT2D eigenvalue weighted by Crippen LogP contribution is 2.37. The van der Waals surface area contributed by atoms with Crippen LogP contribution < -0.4 is 0 Å². The van der Waals surface area contributed by atoms with E-state index in [4.69, 9.17) is 9.47 Å². The van der Waals surface area contributed by atoms with Crippen molar-refractivity contribution in [3.05, 3.63) is 35.4 Å². The lowest BCUT2D eigenvalue weighted by Crippen LogP contribution is -2.67. The number of likely N-dealkylation sites (tertiary alicyclic amines) is 1. The minimum absolute atomic E-state index is 0.134. The number of benzene rings is 1. The SMILES string of the molecule is Cc1ccccc1CCC(=O)N1CC2(CC(OCC3CC3)CCO2)C1. The zero-order valence-corrected chi connectivity index (χ0v) is 15.2. The van der Waals surface area contributed by atoms with Crippen LogP contribution in [0.15, 0.2) is 24.3 Å². The summed E-state index contributed by atoms with van der Waals surface area (Å²) in [6.07, 6.45) is 6.33. The molecule has 4 rings (SSSR count). The fourth-order valence-electron chi connectivity index (χ4n) is 4.02. The zero-order chi connectivity index (χ0) is 17.3. The number of amides is 1. The molecule has 25 heavy (non-hydrogen) atoms. The van der Waals surface area contributed by atoms with E-state index >= 15 is 0 Å². The summed E-state index contributed by atoms with van der Waals surface area (Å²) in [4.78, 5) is 14.4. The first-order chi connectivity index (χ1) is 12.1. The van der Waals surface area contributed by atoms with Crippen LogP contribution in [0, 0.1) is 12.8 Å². The first-order valence-corrected chi connectivity index (χ1v) is 9.71. The van der Waals surface area contributed by atoms with Crippen molar-refractivity contribution in [2.45, 2.75) is 57.2 Å². The van der Waals surface area contributed by atoms with Crippen molar-refractivity contribution in [3.63, 3.8) is 0 Å². The molecular formula is C21H29NO3. The Balaban J connectivity index is 1.23. The average molecular weight is 343 g/mol. The summed E-state index contributed by atoms with van der Waals surface area (Å²) in [6.45, 7) is 5.27. The summed E-state index contributed by atoms with van der Waals surface area (Å²) in [7, 11) is 0. The predicted octanol–water partition coefficient (Wildman–Crippen LogP) is 3.11. The summed E-state index contributed by atoms with van der Waals surface area (Å²) in [5.41, 5.74) is 2.40. The fraction of sp³-hybridized carbons (Fsp3) is 0.667. The van der Waals surface area contributed by atoms with Crippen molar-refractivity contribution in [2.75, 3.05) is 26.3 Å². The van der Waals surface area contributed by atoms with E-state index in [0.29, 0.717) is 12.5 Å². The third-order valence-electron chi connectivity index (χ3n) is 5.89. The maximum Gasteiger partial charge on any atom is 0.223 e. The van der Waals surface area contributed by atoms with Gasteiger partial charge in [0.05, 0.1) is 19.2 Å². The van der Waals surface area contributed by atoms with E-state index in [0.717, 1.165) is 51.5 Å². The van der Waals surface area contributed by atoms with Gasteiger partial charge in [-0.05, 0) is 49.7 Å². The minimum Gasteiger partial charge on any atom is -0.378 e. The van der Waals surface area contributed by atoms with E-state index in [9.17, 15) is 4.79 Å². The number of rotatable bonds is 6. The van der Waals surface area contributed by atoms with Crippen LogP contribution in [0.5, 0.6) is 0 Å². The van der Waals surface area contributed by atoms with Gasteiger partial charge in [0, 0.05) is 26.1 Å². The van der Waals surface area contributed by atoms with Crippen LogP contribution in [0.3, 0.4) is 0 Å². The van der Waals surface area contributed by atoms with Gasteiger partial charge < -0.3 is 14.4 Å². The zero-order valence-electron chi connectivity index (χ0n) is 15.2. The number of hydrogen-bond acceptors (Lipinski definition) is 3. The largest absolute Gasteiger partial charge is 0.378 e. The number of ether oxygens (including phenoxy) is 2. The third-order valence-corrected chi connectivity index (χ3v) is 5.89. The van der Waals surface area contributed by atoms with Crippen LogP contribution in [0.4, 0.5) is 0 Å². The topological polar surface area (TPSA) is 38.8 Å². The summed E-state index contributed by atoms with van der Waals surface area (Å²) in [5.74, 6) is 1.05. The van der Waals surface area contributed by atoms with Gasteiger partial charge in [0.1, 0.15) is 5.60 Å². The number of hydrogen-bond donors (Lipinski definition) is 0. The Kier molecular flexibility index (Phi) is 4.83. The Hall–Kier alpha value is -1.39. The van der Waals surface area contributed by atoms with E-state index in [1.807, 2.05) is 17.0 Å². The van der Waals surface area contributed by atoms with Gasteiger partial charge in [0.25, 0.3) is 0 Å². The van der Waals surface area contributed by atoms with Gasteiger partial charge in [-0.3, -0.25) is 4.79 Å². The molecule has 0 bridgehead atoms. The Morgan fingerprint density at radius 2 is 2.08 bits per heavy atom. The predicted molar refractivity (Wildman–Crippen MR) is 96.5 cm³/mol. The van der Waals surface area contributed by atoms with E-state index < -0.39 is 0 Å². The molecule has 4 heteroatoms. The van der Waals surface area contributed by atoms with Gasteiger partial charge in [0.2, 0.25) is 5.91 Å². The van der Waals surface area contributed by atoms with Gasteiger partial charge >= 0.3 is 0 Å². The monoisotopic (exact) mass is 343 g/mol. The number of nitrogens with zero attached hydrogens (tertiary/aromatic N) is 1. The highest BCUT2D eigenvalue weighted by molar-refractivity contribution is 5.77. The Morgan fingerprint density at radius 1 is 1.28 bits per heavy atom. The van der Waals surface area contributed by atoms with Crippen molar-refractivity contribution in [2.24, 2.45) is 5.92 Å². The molecular weight excluding hydrogens is 314 g/mol. The molecule has 1 spiro atoms. The summed E-state index contributed by atoms with van der Waals surface area (Å²) < 4.78 is 12.1. The molecule has 1 unspecified atom stereocenters. The van der Waals surface area contributed by atoms with Crippen LogP contribution in [0.25, 0.3) is 0 Å². The molecule has 0 N–H and O–H groups in total. The Morgan fingerprint density at radius 3 is 2.84 bits per heavy atom. The highest BCUT2D eigenvalue weighted by atomic mass is 16.5. The molecule has 3 fully saturated rings. The first-order valence-electron chi connectivity index (χ1n) is 9.71. The van der Waals surface area contributed by atoms with Crippen LogP contribution in [0.2, 0.25) is 0 Å². The smallest absolute Gasteiger partial charge is 0.223 e. The van der Waals surface area contributed by atoms with Crippen molar-refractivity contribution < 1.29 is 14.3 Å². The molecule has 2 aliphatic heterocycles. The van der Waals surface area contributed by atoms with Crippen LogP contribution in [-0.4, -0.2) is 48.8 Å². The van der Waals surface area contributed by atoms with Crippen LogP contribution in [0.1, 0.15) is 43.2 Å². The molecule has 1 atom stereocenters. The second-order valence-electron chi connectivity index (χ2n) is 8.10. The minimum atomic E-state index is -0.134. The standard InChI is InChI=1S/C21H29NO3/c1-16-4-2-3-5-18(16)8-9-20(23)22-14-21(15-22)12-19(10-11-25-21)24-13-17-6-7-17/h2-5,17,19H,6-15H2,1H3. The molecule has 1 aliphatic carbocycles. The molecule has 4 nitrogen and oxygen atoms in total. The average Bonchev–Trinajstić information content (AvgIpc) is 3.41. The second-order valence-corrected chi connectivity index (χ2v) is 8.10. The number of carbonyl (C=O) groups is 1. The first kappa shape index (κ1) is 17.0. The van der Waals surface area contributed by atoms with Crippen molar-refractivity contribution in [3.8, 4) is 0 Å². The van der Waals surface area contributed by atoms with Gasteiger partial charge in [0.15, 0.2) is 0 Å². The molecule has 2 heterocycles. The van der Waals surface area contributed by atoms with Crippen molar-refractivity contribution >= 4 is 5.91 Å². The van der Waals surface area contributed by atoms with Gasteiger partial charge in [-0.15, -0.1) is 0 Å². The molecule has 2 saturated heterocycles. The summed E-state index contributed by atoms with van der Waals surface area (Å²) in [5, 5.41) is 0.